The smallest absolute Gasteiger partial charge is 0.176 e. The van der Waals surface area contributed by atoms with Gasteiger partial charge in [-0.1, -0.05) is 35.5 Å². The second kappa shape index (κ2) is 4.81. The van der Waals surface area contributed by atoms with Gasteiger partial charge in [-0.15, -0.1) is 0 Å². The van der Waals surface area contributed by atoms with Gasteiger partial charge in [0.05, 0.1) is 5.56 Å². The first kappa shape index (κ1) is 12.4. The zero-order chi connectivity index (χ0) is 14.1. The molecule has 2 N–H and O–H groups in total. The Kier molecular flexibility index (Phi) is 2.99. The third kappa shape index (κ3) is 2.05. The summed E-state index contributed by atoms with van der Waals surface area (Å²) < 4.78 is 18.7. The van der Waals surface area contributed by atoms with E-state index in [1.807, 2.05) is 30.3 Å². The maximum Gasteiger partial charge on any atom is 0.176 e. The standard InChI is InChI=1S/C16H13FN2O/c1-10-9-12(7-8-13(10)17)15-14(16(18)19-20-15)11-5-3-2-4-6-11/h2-9H,1H3,(H2,18,19). The highest BCUT2D eigenvalue weighted by Crippen LogP contribution is 2.36. The fourth-order valence-corrected chi connectivity index (χ4v) is 2.17. The van der Waals surface area contributed by atoms with E-state index in [2.05, 4.69) is 5.16 Å². The lowest BCUT2D eigenvalue weighted by Crippen LogP contribution is -1.89. The fourth-order valence-electron chi connectivity index (χ4n) is 2.17. The molecule has 0 aliphatic carbocycles. The van der Waals surface area contributed by atoms with E-state index in [1.165, 1.54) is 6.07 Å². The van der Waals surface area contributed by atoms with Crippen LogP contribution in [0.3, 0.4) is 0 Å². The maximum atomic E-state index is 13.4. The Balaban J connectivity index is 2.18. The Morgan fingerprint density at radius 2 is 1.80 bits per heavy atom. The van der Waals surface area contributed by atoms with Crippen molar-refractivity contribution in [3.05, 3.63) is 59.9 Å². The molecule has 0 unspecified atom stereocenters. The van der Waals surface area contributed by atoms with Crippen molar-refractivity contribution in [2.45, 2.75) is 6.92 Å². The summed E-state index contributed by atoms with van der Waals surface area (Å²) in [5.41, 5.74) is 8.86. The van der Waals surface area contributed by atoms with Crippen molar-refractivity contribution >= 4 is 5.82 Å². The van der Waals surface area contributed by atoms with Crippen molar-refractivity contribution in [3.63, 3.8) is 0 Å². The van der Waals surface area contributed by atoms with Gasteiger partial charge in [-0.25, -0.2) is 4.39 Å². The van der Waals surface area contributed by atoms with Gasteiger partial charge in [0.2, 0.25) is 0 Å². The monoisotopic (exact) mass is 268 g/mol. The van der Waals surface area contributed by atoms with Gasteiger partial charge in [0.15, 0.2) is 11.6 Å². The molecule has 0 fully saturated rings. The molecular formula is C16H13FN2O. The van der Waals surface area contributed by atoms with Crippen LogP contribution < -0.4 is 5.73 Å². The van der Waals surface area contributed by atoms with Gasteiger partial charge in [-0.3, -0.25) is 0 Å². The number of hydrogen-bond acceptors (Lipinski definition) is 3. The van der Waals surface area contributed by atoms with Crippen LogP contribution in [-0.2, 0) is 0 Å². The first-order valence-corrected chi connectivity index (χ1v) is 6.24. The van der Waals surface area contributed by atoms with Crippen LogP contribution in [0.1, 0.15) is 5.56 Å². The molecule has 2 aromatic carbocycles. The van der Waals surface area contributed by atoms with E-state index in [-0.39, 0.29) is 5.82 Å². The minimum atomic E-state index is -0.248. The Hall–Kier alpha value is -2.62. The number of aryl methyl sites for hydroxylation is 1. The average molecular weight is 268 g/mol. The molecule has 0 atom stereocenters. The second-order valence-corrected chi connectivity index (χ2v) is 4.60. The minimum absolute atomic E-state index is 0.248. The van der Waals surface area contributed by atoms with Crippen molar-refractivity contribution in [2.24, 2.45) is 0 Å². The van der Waals surface area contributed by atoms with Gasteiger partial charge >= 0.3 is 0 Å². The molecule has 1 heterocycles. The highest BCUT2D eigenvalue weighted by molar-refractivity contribution is 5.86. The number of hydrogen-bond donors (Lipinski definition) is 1. The molecule has 4 heteroatoms. The highest BCUT2D eigenvalue weighted by Gasteiger charge is 2.17. The molecule has 3 aromatic rings. The molecule has 20 heavy (non-hydrogen) atoms. The zero-order valence-electron chi connectivity index (χ0n) is 10.9. The summed E-state index contributed by atoms with van der Waals surface area (Å²) in [6, 6.07) is 14.4. The van der Waals surface area contributed by atoms with E-state index in [0.717, 1.165) is 16.7 Å². The minimum Gasteiger partial charge on any atom is -0.380 e. The lowest BCUT2D eigenvalue weighted by atomic mass is 10.0. The largest absolute Gasteiger partial charge is 0.380 e. The number of aromatic nitrogens is 1. The predicted molar refractivity (Wildman–Crippen MR) is 76.5 cm³/mol. The van der Waals surface area contributed by atoms with E-state index in [0.29, 0.717) is 17.1 Å². The molecule has 0 aliphatic rings. The number of nitrogens with two attached hydrogens (primary N) is 1. The molecule has 0 saturated heterocycles. The molecule has 0 spiro atoms. The summed E-state index contributed by atoms with van der Waals surface area (Å²) in [7, 11) is 0. The number of rotatable bonds is 2. The van der Waals surface area contributed by atoms with Crippen molar-refractivity contribution < 1.29 is 8.91 Å². The number of nitrogen functional groups attached to an aromatic ring is 1. The average Bonchev–Trinajstić information content (AvgIpc) is 2.85. The van der Waals surface area contributed by atoms with E-state index >= 15 is 0 Å². The molecule has 100 valence electrons. The van der Waals surface area contributed by atoms with Crippen molar-refractivity contribution in [3.8, 4) is 22.5 Å². The first-order chi connectivity index (χ1) is 9.66. The predicted octanol–water partition coefficient (Wildman–Crippen LogP) is 4.04. The second-order valence-electron chi connectivity index (χ2n) is 4.60. The van der Waals surface area contributed by atoms with Crippen LogP contribution in [0.25, 0.3) is 22.5 Å². The van der Waals surface area contributed by atoms with Crippen LogP contribution >= 0.6 is 0 Å². The van der Waals surface area contributed by atoms with Crippen LogP contribution in [0.15, 0.2) is 53.1 Å². The van der Waals surface area contributed by atoms with Gasteiger partial charge in [-0.2, -0.15) is 0 Å². The number of nitrogens with zero attached hydrogens (tertiary/aromatic N) is 1. The van der Waals surface area contributed by atoms with Gasteiger partial charge in [0.1, 0.15) is 5.82 Å². The van der Waals surface area contributed by atoms with Crippen LogP contribution in [0.5, 0.6) is 0 Å². The maximum absolute atomic E-state index is 13.4. The summed E-state index contributed by atoms with van der Waals surface area (Å²) in [5.74, 6) is 0.632. The summed E-state index contributed by atoms with van der Waals surface area (Å²) in [5, 5.41) is 3.83. The zero-order valence-corrected chi connectivity index (χ0v) is 10.9. The summed E-state index contributed by atoms with van der Waals surface area (Å²) in [6.07, 6.45) is 0. The van der Waals surface area contributed by atoms with Crippen molar-refractivity contribution in [1.82, 2.24) is 5.16 Å². The summed E-state index contributed by atoms with van der Waals surface area (Å²) >= 11 is 0. The fraction of sp³-hybridized carbons (Fsp3) is 0.0625. The van der Waals surface area contributed by atoms with E-state index < -0.39 is 0 Å². The van der Waals surface area contributed by atoms with Crippen LogP contribution in [0, 0.1) is 12.7 Å². The number of benzene rings is 2. The molecule has 0 saturated carbocycles. The summed E-state index contributed by atoms with van der Waals surface area (Å²) in [6.45, 7) is 1.71. The SMILES string of the molecule is Cc1cc(-c2onc(N)c2-c2ccccc2)ccc1F. The van der Waals surface area contributed by atoms with Crippen LogP contribution in [-0.4, -0.2) is 5.16 Å². The number of anilines is 1. The first-order valence-electron chi connectivity index (χ1n) is 6.24. The Labute approximate surface area is 115 Å². The van der Waals surface area contributed by atoms with Crippen molar-refractivity contribution in [2.75, 3.05) is 5.73 Å². The topological polar surface area (TPSA) is 52.0 Å². The lowest BCUT2D eigenvalue weighted by Gasteiger charge is -2.04. The molecule has 1 aromatic heterocycles. The lowest BCUT2D eigenvalue weighted by molar-refractivity contribution is 0.436. The third-order valence-electron chi connectivity index (χ3n) is 3.20. The quantitative estimate of drug-likeness (QED) is 0.763. The normalized spacial score (nSPS) is 10.7. The number of halogens is 1. The molecule has 0 amide bonds. The highest BCUT2D eigenvalue weighted by atomic mass is 19.1. The Morgan fingerprint density at radius 3 is 2.50 bits per heavy atom. The molecular weight excluding hydrogens is 255 g/mol. The molecule has 3 rings (SSSR count). The van der Waals surface area contributed by atoms with Gasteiger partial charge < -0.3 is 10.3 Å². The molecule has 0 aliphatic heterocycles. The Morgan fingerprint density at radius 1 is 1.05 bits per heavy atom. The third-order valence-corrected chi connectivity index (χ3v) is 3.20. The molecule has 3 nitrogen and oxygen atoms in total. The summed E-state index contributed by atoms with van der Waals surface area (Å²) in [4.78, 5) is 0. The molecule has 0 radical (unpaired) electrons. The van der Waals surface area contributed by atoms with Crippen LogP contribution in [0.2, 0.25) is 0 Å². The van der Waals surface area contributed by atoms with Gasteiger partial charge in [0, 0.05) is 5.56 Å². The van der Waals surface area contributed by atoms with Crippen LogP contribution in [0.4, 0.5) is 10.2 Å². The van der Waals surface area contributed by atoms with Gasteiger partial charge in [0.25, 0.3) is 0 Å². The van der Waals surface area contributed by atoms with Gasteiger partial charge in [-0.05, 0) is 36.2 Å². The van der Waals surface area contributed by atoms with Crippen molar-refractivity contribution in [1.29, 1.82) is 0 Å². The van der Waals surface area contributed by atoms with E-state index in [4.69, 9.17) is 10.3 Å². The molecule has 0 bridgehead atoms. The van der Waals surface area contributed by atoms with E-state index in [1.54, 1.807) is 19.1 Å². The Bertz CT molecular complexity index is 750. The van der Waals surface area contributed by atoms with E-state index in [9.17, 15) is 4.39 Å².